The lowest BCUT2D eigenvalue weighted by Crippen LogP contribution is -2.48. The van der Waals surface area contributed by atoms with E-state index in [9.17, 15) is 29.1 Å². The molecule has 0 bridgehead atoms. The number of imide groups is 1. The van der Waals surface area contributed by atoms with Gasteiger partial charge in [0.1, 0.15) is 11.8 Å². The Bertz CT molecular complexity index is 1460. The number of methoxy groups -OCH3 is 1. The Labute approximate surface area is 266 Å². The molecule has 0 fully saturated rings. The molecule has 3 rings (SSSR count). The Morgan fingerprint density at radius 2 is 1.43 bits per heavy atom. The van der Waals surface area contributed by atoms with Crippen molar-refractivity contribution < 1.29 is 33.8 Å². The van der Waals surface area contributed by atoms with Crippen LogP contribution in [0, 0.1) is 0 Å². The fourth-order valence-electron chi connectivity index (χ4n) is 4.43. The van der Waals surface area contributed by atoms with Gasteiger partial charge in [-0.05, 0) is 41.7 Å². The highest BCUT2D eigenvalue weighted by Gasteiger charge is 2.27. The lowest BCUT2D eigenvalue weighted by atomic mass is 9.90. The van der Waals surface area contributed by atoms with E-state index in [1.165, 1.54) is 19.2 Å². The first kappa shape index (κ1) is 34.8. The van der Waals surface area contributed by atoms with Crippen molar-refractivity contribution >= 4 is 35.7 Å². The van der Waals surface area contributed by atoms with E-state index in [1.807, 2.05) is 66.0 Å². The van der Waals surface area contributed by atoms with Gasteiger partial charge in [0.05, 0.1) is 19.4 Å². The standard InChI is InChI=1S/C33H38N6O7/c1-46-28(42)19-18-27(41)38-33(45)39-32(34)35-20-8-13-26(30(43)36-21-22-14-16-25(40)17-15-22)37-31(44)29(23-9-4-2-5-10-23)24-11-6-3-7-12-24/h2-7,9-12,14-17,26,29,40H,8,13,18-21H2,1H3,(H,36,43)(H,37,44)(H4,34,35,38,39,41,45). The zero-order valence-corrected chi connectivity index (χ0v) is 25.4. The third-order valence-electron chi connectivity index (χ3n) is 6.78. The largest absolute Gasteiger partial charge is 0.508 e. The van der Waals surface area contributed by atoms with Gasteiger partial charge < -0.3 is 26.2 Å². The zero-order chi connectivity index (χ0) is 33.3. The lowest BCUT2D eigenvalue weighted by Gasteiger charge is -2.23. The monoisotopic (exact) mass is 630 g/mol. The molecule has 0 aliphatic rings. The second-order valence-electron chi connectivity index (χ2n) is 10.2. The van der Waals surface area contributed by atoms with Crippen LogP contribution < -0.4 is 27.0 Å². The van der Waals surface area contributed by atoms with Gasteiger partial charge in [0, 0.05) is 19.5 Å². The van der Waals surface area contributed by atoms with Crippen LogP contribution in [0.15, 0.2) is 89.9 Å². The lowest BCUT2D eigenvalue weighted by molar-refractivity contribution is -0.142. The molecule has 0 saturated heterocycles. The minimum atomic E-state index is -0.931. The fourth-order valence-corrected chi connectivity index (χ4v) is 4.43. The molecular weight excluding hydrogens is 592 g/mol. The molecule has 1 atom stereocenters. The van der Waals surface area contributed by atoms with Crippen molar-refractivity contribution in [1.29, 1.82) is 0 Å². The molecule has 0 aliphatic carbocycles. The minimum absolute atomic E-state index is 0.0980. The van der Waals surface area contributed by atoms with Gasteiger partial charge in [-0.15, -0.1) is 0 Å². The molecule has 13 heteroatoms. The van der Waals surface area contributed by atoms with E-state index >= 15 is 0 Å². The third kappa shape index (κ3) is 11.8. The number of nitrogens with two attached hydrogens (primary N) is 1. The van der Waals surface area contributed by atoms with Gasteiger partial charge in [0.15, 0.2) is 5.96 Å². The van der Waals surface area contributed by atoms with Crippen LogP contribution in [-0.2, 0) is 30.5 Å². The van der Waals surface area contributed by atoms with E-state index in [0.29, 0.717) is 6.42 Å². The minimum Gasteiger partial charge on any atom is -0.508 e. The average Bonchev–Trinajstić information content (AvgIpc) is 3.05. The molecule has 13 nitrogen and oxygen atoms in total. The summed E-state index contributed by atoms with van der Waals surface area (Å²) in [6.07, 6.45) is 0.0741. The Morgan fingerprint density at radius 3 is 2.02 bits per heavy atom. The third-order valence-corrected chi connectivity index (χ3v) is 6.78. The van der Waals surface area contributed by atoms with E-state index in [1.54, 1.807) is 12.1 Å². The molecule has 3 aromatic carbocycles. The number of aliphatic imine (C=N–C) groups is 1. The summed E-state index contributed by atoms with van der Waals surface area (Å²) >= 11 is 0. The number of carbonyl (C=O) groups excluding carboxylic acids is 5. The number of esters is 1. The molecule has 1 unspecified atom stereocenters. The summed E-state index contributed by atoms with van der Waals surface area (Å²) in [5.41, 5.74) is 8.05. The number of phenols is 1. The van der Waals surface area contributed by atoms with Gasteiger partial charge in [-0.3, -0.25) is 34.8 Å². The van der Waals surface area contributed by atoms with E-state index in [0.717, 1.165) is 16.7 Å². The number of carbonyl (C=O) groups is 5. The Morgan fingerprint density at radius 1 is 0.826 bits per heavy atom. The molecular formula is C33H38N6O7. The predicted octanol–water partition coefficient (Wildman–Crippen LogP) is 2.20. The summed E-state index contributed by atoms with van der Waals surface area (Å²) in [6, 6.07) is 23.0. The number of amides is 5. The van der Waals surface area contributed by atoms with Crippen LogP contribution >= 0.6 is 0 Å². The van der Waals surface area contributed by atoms with Gasteiger partial charge in [-0.2, -0.15) is 0 Å². The second kappa shape index (κ2) is 18.2. The maximum atomic E-state index is 13.7. The summed E-state index contributed by atoms with van der Waals surface area (Å²) in [7, 11) is 1.19. The normalized spacial score (nSPS) is 11.7. The number of rotatable bonds is 14. The van der Waals surface area contributed by atoms with E-state index < -0.39 is 35.8 Å². The summed E-state index contributed by atoms with van der Waals surface area (Å²) in [4.78, 5) is 66.1. The molecule has 242 valence electrons. The molecule has 3 aromatic rings. The predicted molar refractivity (Wildman–Crippen MR) is 170 cm³/mol. The van der Waals surface area contributed by atoms with Crippen molar-refractivity contribution in [2.75, 3.05) is 13.7 Å². The van der Waals surface area contributed by atoms with Gasteiger partial charge in [0.2, 0.25) is 17.7 Å². The second-order valence-corrected chi connectivity index (χ2v) is 10.2. The van der Waals surface area contributed by atoms with Crippen molar-refractivity contribution in [3.05, 3.63) is 102 Å². The summed E-state index contributed by atoms with van der Waals surface area (Å²) < 4.78 is 4.45. The topological polar surface area (TPSA) is 201 Å². The number of hydrogen-bond acceptors (Lipinski definition) is 8. The smallest absolute Gasteiger partial charge is 0.328 e. The van der Waals surface area contributed by atoms with Crippen LogP contribution in [0.2, 0.25) is 0 Å². The first-order chi connectivity index (χ1) is 22.2. The van der Waals surface area contributed by atoms with Crippen molar-refractivity contribution in [2.45, 2.75) is 44.2 Å². The van der Waals surface area contributed by atoms with Crippen LogP contribution in [0.1, 0.15) is 48.3 Å². The molecule has 0 aromatic heterocycles. The number of aromatic hydroxyl groups is 1. The highest BCUT2D eigenvalue weighted by molar-refractivity contribution is 6.03. The van der Waals surface area contributed by atoms with Crippen LogP contribution in [0.3, 0.4) is 0 Å². The highest BCUT2D eigenvalue weighted by atomic mass is 16.5. The molecule has 0 saturated carbocycles. The quantitative estimate of drug-likeness (QED) is 0.0673. The zero-order valence-electron chi connectivity index (χ0n) is 25.4. The fraction of sp³-hybridized carbons (Fsp3) is 0.273. The first-order valence-corrected chi connectivity index (χ1v) is 14.6. The SMILES string of the molecule is COC(=O)CCC(=O)NC(=O)NC(N)=NCCCC(NC(=O)C(c1ccccc1)c1ccccc1)C(=O)NCc1ccc(O)cc1. The average molecular weight is 631 g/mol. The maximum absolute atomic E-state index is 13.7. The number of nitrogens with zero attached hydrogens (tertiary/aromatic N) is 1. The number of benzene rings is 3. The molecule has 0 spiro atoms. The molecule has 46 heavy (non-hydrogen) atoms. The maximum Gasteiger partial charge on any atom is 0.328 e. The molecule has 7 N–H and O–H groups in total. The van der Waals surface area contributed by atoms with Gasteiger partial charge >= 0.3 is 12.0 Å². The van der Waals surface area contributed by atoms with Crippen LogP contribution in [-0.4, -0.2) is 60.5 Å². The molecule has 5 amide bonds. The van der Waals surface area contributed by atoms with Gasteiger partial charge in [-0.1, -0.05) is 72.8 Å². The Hall–Kier alpha value is -5.72. The summed E-state index contributed by atoms with van der Waals surface area (Å²) in [5, 5.41) is 19.5. The number of hydrogen-bond donors (Lipinski definition) is 6. The number of nitrogens with one attached hydrogen (secondary N) is 4. The Balaban J connectivity index is 1.65. The Kier molecular flexibility index (Phi) is 13.7. The van der Waals surface area contributed by atoms with Crippen molar-refractivity contribution in [2.24, 2.45) is 10.7 Å². The number of urea groups is 1. The van der Waals surface area contributed by atoms with Crippen molar-refractivity contribution in [3.8, 4) is 5.75 Å². The van der Waals surface area contributed by atoms with E-state index in [-0.39, 0.29) is 50.0 Å². The van der Waals surface area contributed by atoms with E-state index in [4.69, 9.17) is 5.73 Å². The van der Waals surface area contributed by atoms with Crippen LogP contribution in [0.25, 0.3) is 0 Å². The molecule has 0 aliphatic heterocycles. The van der Waals surface area contributed by atoms with Gasteiger partial charge in [0.25, 0.3) is 0 Å². The number of ether oxygens (including phenoxy) is 1. The molecule has 0 radical (unpaired) electrons. The van der Waals surface area contributed by atoms with E-state index in [2.05, 4.69) is 25.7 Å². The highest BCUT2D eigenvalue weighted by Crippen LogP contribution is 2.25. The first-order valence-electron chi connectivity index (χ1n) is 14.6. The number of guanidine groups is 1. The van der Waals surface area contributed by atoms with Crippen molar-refractivity contribution in [1.82, 2.24) is 21.3 Å². The molecule has 0 heterocycles. The van der Waals surface area contributed by atoms with Gasteiger partial charge in [-0.25, -0.2) is 4.79 Å². The summed E-state index contributed by atoms with van der Waals surface area (Å²) in [5.74, 6) is -2.88. The number of phenolic OH excluding ortho intramolecular Hbond substituents is 1. The van der Waals surface area contributed by atoms with Crippen molar-refractivity contribution in [3.63, 3.8) is 0 Å². The van der Waals surface area contributed by atoms with Crippen LogP contribution in [0.5, 0.6) is 5.75 Å². The van der Waals surface area contributed by atoms with Crippen LogP contribution in [0.4, 0.5) is 4.79 Å². The summed E-state index contributed by atoms with van der Waals surface area (Å²) in [6.45, 7) is 0.273.